The lowest BCUT2D eigenvalue weighted by Crippen LogP contribution is -2.46. The number of nitrogens with one attached hydrogen (secondary N) is 2. The number of amides is 2. The van der Waals surface area contributed by atoms with Crippen LogP contribution in [0.1, 0.15) is 30.9 Å². The van der Waals surface area contributed by atoms with Crippen LogP contribution in [0.3, 0.4) is 0 Å². The van der Waals surface area contributed by atoms with Crippen molar-refractivity contribution >= 4 is 46.6 Å². The molecule has 9 heteroatoms. The predicted octanol–water partition coefficient (Wildman–Crippen LogP) is 5.14. The van der Waals surface area contributed by atoms with Gasteiger partial charge in [-0.15, -0.1) is 0 Å². The minimum atomic E-state index is -0.581. The number of benzene rings is 3. The van der Waals surface area contributed by atoms with E-state index in [4.69, 9.17) is 17.3 Å². The van der Waals surface area contributed by atoms with Gasteiger partial charge in [-0.3, -0.25) is 14.5 Å². The molecular weight excluding hydrogens is 519 g/mol. The molecule has 0 spiro atoms. The number of aliphatic hydroxyl groups excluding tert-OH is 1. The smallest absolute Gasteiger partial charge is 0.248 e. The fourth-order valence-corrected chi connectivity index (χ4v) is 4.78. The number of nitrogens with two attached hydrogens (primary N) is 1. The standard InChI is InChI=1S/C30H32ClFN4O3/c1-30(2,18-37)36-16-23(24(17-36)29(39)34-21-11-9-20(31)10-12-21)22-13-7-19(15-25(22)32)8-14-28(38)35-27-6-4-3-5-26(27)33/h3-15,23-24,37H,16-18,33H2,1-2H3,(H,34,39)(H,35,38)/b14-8+. The summed E-state index contributed by atoms with van der Waals surface area (Å²) in [6.07, 6.45) is 2.83. The topological polar surface area (TPSA) is 108 Å². The van der Waals surface area contributed by atoms with Crippen LogP contribution in [0.5, 0.6) is 0 Å². The van der Waals surface area contributed by atoms with Crippen LogP contribution in [0.25, 0.3) is 6.08 Å². The van der Waals surface area contributed by atoms with E-state index in [0.29, 0.717) is 46.3 Å². The van der Waals surface area contributed by atoms with Gasteiger partial charge in [-0.2, -0.15) is 0 Å². The second-order valence-corrected chi connectivity index (χ2v) is 10.7. The third-order valence-corrected chi connectivity index (χ3v) is 7.33. The SMILES string of the molecule is CC(C)(CO)N1CC(C(=O)Nc2ccc(Cl)cc2)C(c2ccc(/C=C/C(=O)Nc3ccccc3N)cc2F)C1. The van der Waals surface area contributed by atoms with Crippen molar-refractivity contribution in [2.24, 2.45) is 5.92 Å². The van der Waals surface area contributed by atoms with E-state index in [2.05, 4.69) is 10.6 Å². The van der Waals surface area contributed by atoms with Crippen LogP contribution >= 0.6 is 11.6 Å². The van der Waals surface area contributed by atoms with Crippen molar-refractivity contribution in [3.05, 3.63) is 94.8 Å². The number of carbonyl (C=O) groups excluding carboxylic acids is 2. The van der Waals surface area contributed by atoms with E-state index in [1.807, 2.05) is 18.7 Å². The monoisotopic (exact) mass is 550 g/mol. The predicted molar refractivity (Wildman–Crippen MR) is 154 cm³/mol. The lowest BCUT2D eigenvalue weighted by atomic mass is 9.87. The molecule has 3 aromatic carbocycles. The van der Waals surface area contributed by atoms with Crippen molar-refractivity contribution in [2.45, 2.75) is 25.3 Å². The molecule has 0 saturated carbocycles. The van der Waals surface area contributed by atoms with Gasteiger partial charge in [-0.1, -0.05) is 35.9 Å². The molecule has 1 fully saturated rings. The summed E-state index contributed by atoms with van der Waals surface area (Å²) in [5, 5.41) is 16.1. The highest BCUT2D eigenvalue weighted by molar-refractivity contribution is 6.30. The molecule has 3 aromatic rings. The molecule has 0 bridgehead atoms. The number of rotatable bonds is 8. The Balaban J connectivity index is 1.53. The number of nitrogen functional groups attached to an aromatic ring is 1. The highest BCUT2D eigenvalue weighted by Crippen LogP contribution is 2.38. The van der Waals surface area contributed by atoms with E-state index in [-0.39, 0.29) is 12.5 Å². The molecule has 204 valence electrons. The molecule has 4 rings (SSSR count). The second kappa shape index (κ2) is 12.0. The molecule has 0 aliphatic carbocycles. The number of hydrogen-bond acceptors (Lipinski definition) is 5. The average Bonchev–Trinajstić information content (AvgIpc) is 3.36. The van der Waals surface area contributed by atoms with E-state index in [0.717, 1.165) is 0 Å². The van der Waals surface area contributed by atoms with Gasteiger partial charge in [0, 0.05) is 41.3 Å². The van der Waals surface area contributed by atoms with Crippen LogP contribution in [0.15, 0.2) is 72.8 Å². The van der Waals surface area contributed by atoms with Gasteiger partial charge in [0.2, 0.25) is 11.8 Å². The molecule has 0 aromatic heterocycles. The maximum Gasteiger partial charge on any atom is 0.248 e. The van der Waals surface area contributed by atoms with Crippen molar-refractivity contribution in [3.8, 4) is 0 Å². The Kier molecular flexibility index (Phi) is 8.70. The van der Waals surface area contributed by atoms with Crippen LogP contribution in [0.4, 0.5) is 21.5 Å². The van der Waals surface area contributed by atoms with Crippen molar-refractivity contribution in [3.63, 3.8) is 0 Å². The van der Waals surface area contributed by atoms with Crippen molar-refractivity contribution < 1.29 is 19.1 Å². The van der Waals surface area contributed by atoms with E-state index < -0.39 is 29.1 Å². The zero-order valence-corrected chi connectivity index (χ0v) is 22.6. The quantitative estimate of drug-likeness (QED) is 0.229. The average molecular weight is 551 g/mol. The highest BCUT2D eigenvalue weighted by atomic mass is 35.5. The normalized spacial score (nSPS) is 17.9. The Morgan fingerprint density at radius 3 is 2.49 bits per heavy atom. The van der Waals surface area contributed by atoms with Crippen LogP contribution < -0.4 is 16.4 Å². The molecule has 2 amide bonds. The first-order valence-electron chi connectivity index (χ1n) is 12.6. The first-order chi connectivity index (χ1) is 18.6. The Labute approximate surface area is 232 Å². The minimum Gasteiger partial charge on any atom is -0.397 e. The summed E-state index contributed by atoms with van der Waals surface area (Å²) in [5.74, 6) is -2.09. The van der Waals surface area contributed by atoms with Crippen LogP contribution in [-0.2, 0) is 9.59 Å². The zero-order valence-electron chi connectivity index (χ0n) is 21.8. The van der Waals surface area contributed by atoms with Crippen molar-refractivity contribution in [1.29, 1.82) is 0 Å². The molecule has 1 saturated heterocycles. The first-order valence-corrected chi connectivity index (χ1v) is 13.0. The van der Waals surface area contributed by atoms with E-state index >= 15 is 4.39 Å². The van der Waals surface area contributed by atoms with Gasteiger partial charge >= 0.3 is 0 Å². The van der Waals surface area contributed by atoms with Crippen molar-refractivity contribution in [1.82, 2.24) is 4.90 Å². The molecule has 0 radical (unpaired) electrons. The molecule has 1 aliphatic heterocycles. The summed E-state index contributed by atoms with van der Waals surface area (Å²) >= 11 is 5.96. The van der Waals surface area contributed by atoms with Crippen molar-refractivity contribution in [2.75, 3.05) is 36.1 Å². The van der Waals surface area contributed by atoms with Gasteiger partial charge < -0.3 is 21.5 Å². The first kappa shape index (κ1) is 28.3. The fourth-order valence-electron chi connectivity index (χ4n) is 4.65. The maximum atomic E-state index is 15.5. The van der Waals surface area contributed by atoms with E-state index in [9.17, 15) is 14.7 Å². The Hall–Kier alpha value is -3.72. The van der Waals surface area contributed by atoms with Gasteiger partial charge in [-0.05, 0) is 73.5 Å². The minimum absolute atomic E-state index is 0.103. The molecule has 2 unspecified atom stereocenters. The van der Waals surface area contributed by atoms with Crippen LogP contribution in [-0.4, -0.2) is 47.1 Å². The molecular formula is C30H32ClFN4O3. The molecule has 39 heavy (non-hydrogen) atoms. The van der Waals surface area contributed by atoms with E-state index in [1.165, 1.54) is 18.2 Å². The van der Waals surface area contributed by atoms with Gasteiger partial charge in [-0.25, -0.2) is 4.39 Å². The fraction of sp³-hybridized carbons (Fsp3) is 0.267. The maximum absolute atomic E-state index is 15.5. The summed E-state index contributed by atoms with van der Waals surface area (Å²) in [5.41, 5.74) is 7.72. The largest absolute Gasteiger partial charge is 0.397 e. The van der Waals surface area contributed by atoms with Gasteiger partial charge in [0.1, 0.15) is 5.82 Å². The summed E-state index contributed by atoms with van der Waals surface area (Å²) in [7, 11) is 0. The van der Waals surface area contributed by atoms with Gasteiger partial charge in [0.25, 0.3) is 0 Å². The third-order valence-electron chi connectivity index (χ3n) is 7.08. The number of anilines is 3. The molecule has 1 aliphatic rings. The number of aliphatic hydroxyl groups is 1. The number of hydrogen-bond donors (Lipinski definition) is 4. The highest BCUT2D eigenvalue weighted by Gasteiger charge is 2.44. The third kappa shape index (κ3) is 6.84. The summed E-state index contributed by atoms with van der Waals surface area (Å²) in [6.45, 7) is 4.44. The molecule has 2 atom stereocenters. The van der Waals surface area contributed by atoms with Crippen LogP contribution in [0, 0.1) is 11.7 Å². The summed E-state index contributed by atoms with van der Waals surface area (Å²) < 4.78 is 15.5. The van der Waals surface area contributed by atoms with Gasteiger partial charge in [0.15, 0.2) is 0 Å². The lowest BCUT2D eigenvalue weighted by Gasteiger charge is -2.33. The Morgan fingerprint density at radius 1 is 1.10 bits per heavy atom. The summed E-state index contributed by atoms with van der Waals surface area (Å²) in [6, 6.07) is 18.4. The summed E-state index contributed by atoms with van der Waals surface area (Å²) in [4.78, 5) is 27.7. The number of halogens is 2. The molecule has 7 nitrogen and oxygen atoms in total. The number of para-hydroxylation sites is 2. The lowest BCUT2D eigenvalue weighted by molar-refractivity contribution is -0.120. The zero-order chi connectivity index (χ0) is 28.2. The second-order valence-electron chi connectivity index (χ2n) is 10.3. The molecule has 1 heterocycles. The number of nitrogens with zero attached hydrogens (tertiary/aromatic N) is 1. The van der Waals surface area contributed by atoms with Gasteiger partial charge in [0.05, 0.1) is 23.9 Å². The number of likely N-dealkylation sites (tertiary alicyclic amines) is 1. The van der Waals surface area contributed by atoms with E-state index in [1.54, 1.807) is 60.7 Å². The Bertz CT molecular complexity index is 1380. The number of carbonyl (C=O) groups is 2. The van der Waals surface area contributed by atoms with Crippen LogP contribution in [0.2, 0.25) is 5.02 Å². The Morgan fingerprint density at radius 2 is 1.82 bits per heavy atom. The molecule has 5 N–H and O–H groups in total.